The van der Waals surface area contributed by atoms with Gasteiger partial charge < -0.3 is 16.2 Å². The average molecular weight is 484 g/mol. The van der Waals surface area contributed by atoms with Crippen LogP contribution in [-0.4, -0.2) is 35.9 Å². The third-order valence-electron chi connectivity index (χ3n) is 6.07. The lowest BCUT2D eigenvalue weighted by atomic mass is 9.85. The van der Waals surface area contributed by atoms with Gasteiger partial charge in [-0.1, -0.05) is 48.5 Å². The molecule has 5 aromatic rings. The van der Waals surface area contributed by atoms with Gasteiger partial charge in [-0.25, -0.2) is 14.2 Å². The number of nitrogens with zero attached hydrogens (tertiary/aromatic N) is 5. The lowest BCUT2D eigenvalue weighted by Gasteiger charge is -2.31. The molecule has 0 saturated carbocycles. The lowest BCUT2D eigenvalue weighted by Crippen LogP contribution is -2.44. The number of carbonyl (C=O) groups is 1. The molecule has 0 saturated heterocycles. The zero-order valence-electron chi connectivity index (χ0n) is 19.3. The Bertz CT molecular complexity index is 1570. The number of rotatable bonds is 6. The van der Waals surface area contributed by atoms with Crippen LogP contribution in [0.25, 0.3) is 17.0 Å². The third kappa shape index (κ3) is 4.09. The summed E-state index contributed by atoms with van der Waals surface area (Å²) in [6.07, 6.45) is 2.14. The van der Waals surface area contributed by atoms with Gasteiger partial charge in [0.05, 0.1) is 16.7 Å². The number of nitrogens with two attached hydrogens (primary N) is 1. The third-order valence-corrected chi connectivity index (χ3v) is 6.07. The van der Waals surface area contributed by atoms with Crippen LogP contribution in [0.15, 0.2) is 79.1 Å². The molecule has 3 aromatic heterocycles. The first kappa shape index (κ1) is 22.9. The van der Waals surface area contributed by atoms with E-state index in [0.29, 0.717) is 33.4 Å². The van der Waals surface area contributed by atoms with Crippen LogP contribution >= 0.6 is 0 Å². The zero-order chi connectivity index (χ0) is 25.3. The molecule has 36 heavy (non-hydrogen) atoms. The maximum Gasteiger partial charge on any atom is 0.405 e. The Labute approximate surface area is 205 Å². The summed E-state index contributed by atoms with van der Waals surface area (Å²) in [7, 11) is 0. The second-order valence-corrected chi connectivity index (χ2v) is 8.39. The normalized spacial score (nSPS) is 12.8. The molecule has 9 nitrogen and oxygen atoms in total. The van der Waals surface area contributed by atoms with Gasteiger partial charge in [-0.3, -0.25) is 4.98 Å². The van der Waals surface area contributed by atoms with Gasteiger partial charge in [0.25, 0.3) is 5.95 Å². The number of amides is 1. The number of nitrogen functional groups attached to an aromatic ring is 1. The molecule has 2 aromatic carbocycles. The Hall–Kier alpha value is -4.86. The van der Waals surface area contributed by atoms with Crippen molar-refractivity contribution in [3.05, 3.63) is 107 Å². The predicted molar refractivity (Wildman–Crippen MR) is 132 cm³/mol. The van der Waals surface area contributed by atoms with Crippen molar-refractivity contribution in [2.75, 3.05) is 5.73 Å². The number of pyridine rings is 1. The molecule has 3 heterocycles. The van der Waals surface area contributed by atoms with Crippen molar-refractivity contribution in [2.45, 2.75) is 18.9 Å². The number of hydrogen-bond donors (Lipinski definition) is 3. The fourth-order valence-electron chi connectivity index (χ4n) is 4.26. The molecular formula is C26H22FN7O2. The number of nitrogens with one attached hydrogen (secondary N) is 1. The predicted octanol–water partition coefficient (Wildman–Crippen LogP) is 4.05. The standard InChI is InChI=1S/C26H22FN7O2/c1-26(32-25(35)36,17-9-3-2-4-10-17)18-15-30-24(31-23(18)28)34-21-12-7-13-29-22(21)20(33-34)14-16-8-5-6-11-19(16)27/h2-13,15,32H,14H2,1H3,(H,35,36)(H2,28,30,31). The second-order valence-electron chi connectivity index (χ2n) is 8.39. The summed E-state index contributed by atoms with van der Waals surface area (Å²) < 4.78 is 15.8. The van der Waals surface area contributed by atoms with E-state index in [1.54, 1.807) is 49.5 Å². The number of halogens is 1. The SMILES string of the molecule is CC(NC(=O)O)(c1ccccc1)c1cnc(-n2nc(Cc3ccccc3F)c3ncccc32)nc1N. The van der Waals surface area contributed by atoms with E-state index in [0.717, 1.165) is 0 Å². The minimum Gasteiger partial charge on any atom is -0.465 e. The van der Waals surface area contributed by atoms with E-state index >= 15 is 0 Å². The van der Waals surface area contributed by atoms with Crippen LogP contribution in [0.1, 0.15) is 29.3 Å². The van der Waals surface area contributed by atoms with Crippen molar-refractivity contribution in [2.24, 2.45) is 0 Å². The molecular weight excluding hydrogens is 461 g/mol. The van der Waals surface area contributed by atoms with E-state index in [9.17, 15) is 14.3 Å². The molecule has 1 amide bonds. The number of aromatic nitrogens is 5. The highest BCUT2D eigenvalue weighted by atomic mass is 19.1. The van der Waals surface area contributed by atoms with Crippen LogP contribution in [0.4, 0.5) is 15.0 Å². The first-order chi connectivity index (χ1) is 17.4. The Kier molecular flexibility index (Phi) is 5.77. The maximum atomic E-state index is 14.3. The number of anilines is 1. The highest BCUT2D eigenvalue weighted by molar-refractivity contribution is 5.79. The van der Waals surface area contributed by atoms with E-state index < -0.39 is 11.6 Å². The van der Waals surface area contributed by atoms with E-state index in [1.165, 1.54) is 16.9 Å². The van der Waals surface area contributed by atoms with Gasteiger partial charge in [-0.05, 0) is 36.2 Å². The molecule has 0 aliphatic carbocycles. The van der Waals surface area contributed by atoms with E-state index in [2.05, 4.69) is 25.4 Å². The molecule has 1 atom stereocenters. The first-order valence-electron chi connectivity index (χ1n) is 11.1. The molecule has 5 rings (SSSR count). The summed E-state index contributed by atoms with van der Waals surface area (Å²) in [5.74, 6) is -0.0600. The van der Waals surface area contributed by atoms with Gasteiger partial charge in [0.1, 0.15) is 17.2 Å². The smallest absolute Gasteiger partial charge is 0.405 e. The summed E-state index contributed by atoms with van der Waals surface area (Å²) in [6.45, 7) is 1.70. The number of hydrogen-bond acceptors (Lipinski definition) is 6. The topological polar surface area (TPSA) is 132 Å². The molecule has 0 aliphatic rings. The van der Waals surface area contributed by atoms with E-state index in [4.69, 9.17) is 5.73 Å². The van der Waals surface area contributed by atoms with Crippen molar-refractivity contribution in [1.29, 1.82) is 0 Å². The number of benzene rings is 2. The molecule has 0 spiro atoms. The van der Waals surface area contributed by atoms with Crippen LogP contribution in [0.5, 0.6) is 0 Å². The lowest BCUT2D eigenvalue weighted by molar-refractivity contribution is 0.184. The fourth-order valence-corrected chi connectivity index (χ4v) is 4.26. The summed E-state index contributed by atoms with van der Waals surface area (Å²) in [6, 6.07) is 19.1. The van der Waals surface area contributed by atoms with E-state index in [1.807, 2.05) is 24.3 Å². The van der Waals surface area contributed by atoms with Gasteiger partial charge in [-0.15, -0.1) is 0 Å². The Morgan fingerprint density at radius 2 is 1.83 bits per heavy atom. The monoisotopic (exact) mass is 483 g/mol. The van der Waals surface area contributed by atoms with Crippen LogP contribution in [-0.2, 0) is 12.0 Å². The summed E-state index contributed by atoms with van der Waals surface area (Å²) in [5.41, 5.74) is 8.50. The summed E-state index contributed by atoms with van der Waals surface area (Å²) in [5, 5.41) is 16.7. The van der Waals surface area contributed by atoms with Crippen LogP contribution < -0.4 is 11.1 Å². The quantitative estimate of drug-likeness (QED) is 0.332. The van der Waals surface area contributed by atoms with Crippen molar-refractivity contribution >= 4 is 22.9 Å². The molecule has 0 aliphatic heterocycles. The van der Waals surface area contributed by atoms with E-state index in [-0.39, 0.29) is 24.0 Å². The van der Waals surface area contributed by atoms with Crippen LogP contribution in [0, 0.1) is 5.82 Å². The zero-order valence-corrected chi connectivity index (χ0v) is 19.3. The van der Waals surface area contributed by atoms with Crippen LogP contribution in [0.2, 0.25) is 0 Å². The molecule has 0 bridgehead atoms. The van der Waals surface area contributed by atoms with Gasteiger partial charge in [-0.2, -0.15) is 14.8 Å². The molecule has 180 valence electrons. The molecule has 4 N–H and O–H groups in total. The Morgan fingerprint density at radius 3 is 2.56 bits per heavy atom. The van der Waals surface area contributed by atoms with Crippen molar-refractivity contribution in [1.82, 2.24) is 30.0 Å². The van der Waals surface area contributed by atoms with Crippen molar-refractivity contribution in [3.8, 4) is 5.95 Å². The highest BCUT2D eigenvalue weighted by Crippen LogP contribution is 2.32. The number of carboxylic acid groups (broad SMARTS) is 1. The molecule has 0 fully saturated rings. The highest BCUT2D eigenvalue weighted by Gasteiger charge is 2.34. The number of fused-ring (bicyclic) bond motifs is 1. The minimum atomic E-state index is -1.22. The minimum absolute atomic E-state index is 0.0864. The van der Waals surface area contributed by atoms with Crippen LogP contribution in [0.3, 0.4) is 0 Å². The second kappa shape index (κ2) is 9.06. The fraction of sp³-hybridized carbons (Fsp3) is 0.115. The van der Waals surface area contributed by atoms with Crippen molar-refractivity contribution < 1.29 is 14.3 Å². The first-order valence-corrected chi connectivity index (χ1v) is 11.1. The summed E-state index contributed by atoms with van der Waals surface area (Å²) >= 11 is 0. The molecule has 0 radical (unpaired) electrons. The Balaban J connectivity index is 1.60. The van der Waals surface area contributed by atoms with Gasteiger partial charge in [0, 0.05) is 24.4 Å². The molecule has 10 heteroatoms. The maximum absolute atomic E-state index is 14.3. The summed E-state index contributed by atoms with van der Waals surface area (Å²) in [4.78, 5) is 25.0. The largest absolute Gasteiger partial charge is 0.465 e. The Morgan fingerprint density at radius 1 is 1.08 bits per heavy atom. The van der Waals surface area contributed by atoms with Gasteiger partial charge in [0.15, 0.2) is 0 Å². The van der Waals surface area contributed by atoms with Gasteiger partial charge in [0.2, 0.25) is 0 Å². The van der Waals surface area contributed by atoms with Gasteiger partial charge >= 0.3 is 6.09 Å². The molecule has 1 unspecified atom stereocenters. The average Bonchev–Trinajstić information content (AvgIpc) is 3.24. The van der Waals surface area contributed by atoms with Crippen molar-refractivity contribution in [3.63, 3.8) is 0 Å².